The molecule has 1 aromatic heterocycles. The zero-order chi connectivity index (χ0) is 13.2. The highest BCUT2D eigenvalue weighted by Gasteiger charge is 2.34. The van der Waals surface area contributed by atoms with Crippen LogP contribution in [0.2, 0.25) is 0 Å². The molecule has 0 aromatic carbocycles. The summed E-state index contributed by atoms with van der Waals surface area (Å²) in [6.45, 7) is 5.67. The van der Waals surface area contributed by atoms with E-state index in [1.807, 2.05) is 6.92 Å². The fourth-order valence-electron chi connectivity index (χ4n) is 2.43. The molecule has 0 unspecified atom stereocenters. The van der Waals surface area contributed by atoms with Crippen molar-refractivity contribution < 1.29 is 0 Å². The van der Waals surface area contributed by atoms with Crippen molar-refractivity contribution in [1.82, 2.24) is 9.78 Å². The van der Waals surface area contributed by atoms with E-state index < -0.39 is 0 Å². The molecule has 0 bridgehead atoms. The van der Waals surface area contributed by atoms with Gasteiger partial charge in [-0.1, -0.05) is 13.3 Å². The Bertz CT molecular complexity index is 474. The number of nitrogens with zero attached hydrogens (tertiary/aromatic N) is 2. The molecule has 1 heterocycles. The van der Waals surface area contributed by atoms with Gasteiger partial charge in [0, 0.05) is 13.1 Å². The molecule has 1 N–H and O–H groups in total. The molecule has 0 spiro atoms. The summed E-state index contributed by atoms with van der Waals surface area (Å²) in [5.74, 6) is 0. The van der Waals surface area contributed by atoms with Crippen molar-refractivity contribution in [3.63, 3.8) is 0 Å². The van der Waals surface area contributed by atoms with E-state index in [0.717, 1.165) is 12.2 Å². The largest absolute Gasteiger partial charge is 0.382 e. The molecule has 4 nitrogen and oxygen atoms in total. The van der Waals surface area contributed by atoms with Crippen LogP contribution >= 0.6 is 15.9 Å². The molecule has 1 aliphatic rings. The normalized spacial score (nSPS) is 17.3. The Kier molecular flexibility index (Phi) is 4.10. The zero-order valence-electron chi connectivity index (χ0n) is 11.0. The fraction of sp³-hybridized carbons (Fsp3) is 0.692. The van der Waals surface area contributed by atoms with Crippen molar-refractivity contribution in [2.24, 2.45) is 5.41 Å². The van der Waals surface area contributed by atoms with Gasteiger partial charge in [0.25, 0.3) is 5.56 Å². The maximum Gasteiger partial charge on any atom is 0.283 e. The van der Waals surface area contributed by atoms with E-state index in [4.69, 9.17) is 0 Å². The Balaban J connectivity index is 2.10. The maximum atomic E-state index is 11.9. The van der Waals surface area contributed by atoms with Crippen molar-refractivity contribution in [3.05, 3.63) is 21.0 Å². The molecule has 0 saturated heterocycles. The lowest BCUT2D eigenvalue weighted by atomic mass is 9.67. The van der Waals surface area contributed by atoms with Crippen LogP contribution in [0.25, 0.3) is 0 Å². The quantitative estimate of drug-likeness (QED) is 0.909. The van der Waals surface area contributed by atoms with E-state index in [0.29, 0.717) is 16.4 Å². The van der Waals surface area contributed by atoms with Crippen LogP contribution in [0, 0.1) is 5.41 Å². The lowest BCUT2D eigenvalue weighted by Crippen LogP contribution is -2.36. The summed E-state index contributed by atoms with van der Waals surface area (Å²) >= 11 is 3.37. The fourth-order valence-corrected chi connectivity index (χ4v) is 2.88. The highest BCUT2D eigenvalue weighted by molar-refractivity contribution is 9.10. The van der Waals surface area contributed by atoms with Crippen LogP contribution in [0.5, 0.6) is 0 Å². The molecule has 1 aromatic rings. The van der Waals surface area contributed by atoms with Crippen LogP contribution in [0.4, 0.5) is 5.69 Å². The van der Waals surface area contributed by atoms with Gasteiger partial charge in [-0.05, 0) is 47.5 Å². The van der Waals surface area contributed by atoms with Crippen molar-refractivity contribution in [2.75, 3.05) is 11.9 Å². The van der Waals surface area contributed by atoms with Gasteiger partial charge in [-0.3, -0.25) is 4.79 Å². The predicted molar refractivity (Wildman–Crippen MR) is 76.9 cm³/mol. The molecular weight excluding hydrogens is 294 g/mol. The van der Waals surface area contributed by atoms with E-state index in [9.17, 15) is 4.79 Å². The Morgan fingerprint density at radius 2 is 2.22 bits per heavy atom. The van der Waals surface area contributed by atoms with Crippen molar-refractivity contribution in [3.8, 4) is 0 Å². The maximum absolute atomic E-state index is 11.9. The van der Waals surface area contributed by atoms with Crippen molar-refractivity contribution in [1.29, 1.82) is 0 Å². The first-order valence-corrected chi connectivity index (χ1v) is 7.40. The Morgan fingerprint density at radius 1 is 1.50 bits per heavy atom. The molecule has 1 aliphatic carbocycles. The summed E-state index contributed by atoms with van der Waals surface area (Å²) in [6.07, 6.45) is 6.82. The summed E-state index contributed by atoms with van der Waals surface area (Å²) in [7, 11) is 0. The van der Waals surface area contributed by atoms with Crippen molar-refractivity contribution in [2.45, 2.75) is 46.1 Å². The van der Waals surface area contributed by atoms with Gasteiger partial charge in [-0.2, -0.15) is 5.10 Å². The average Bonchev–Trinajstić information content (AvgIpc) is 2.33. The Labute approximate surface area is 116 Å². The lowest BCUT2D eigenvalue weighted by Gasteiger charge is -2.41. The summed E-state index contributed by atoms with van der Waals surface area (Å²) < 4.78 is 2.04. The number of hydrogen-bond donors (Lipinski definition) is 1. The van der Waals surface area contributed by atoms with Gasteiger partial charge in [0.1, 0.15) is 4.47 Å². The average molecular weight is 314 g/mol. The summed E-state index contributed by atoms with van der Waals surface area (Å²) in [5, 5.41) is 7.52. The van der Waals surface area contributed by atoms with Crippen LogP contribution in [0.15, 0.2) is 15.5 Å². The third kappa shape index (κ3) is 2.46. The molecule has 2 rings (SSSR count). The second kappa shape index (κ2) is 5.43. The topological polar surface area (TPSA) is 46.9 Å². The first-order valence-electron chi connectivity index (χ1n) is 6.61. The Hall–Kier alpha value is -0.840. The molecule has 0 radical (unpaired) electrons. The SMILES string of the molecule is CCn1ncc(NCC2(CC)CCC2)c(Br)c1=O. The molecular formula is C13H20BrN3O. The molecule has 0 aliphatic heterocycles. The second-order valence-electron chi connectivity index (χ2n) is 5.05. The molecule has 100 valence electrons. The second-order valence-corrected chi connectivity index (χ2v) is 5.85. The van der Waals surface area contributed by atoms with Gasteiger partial charge in [-0.25, -0.2) is 4.68 Å². The highest BCUT2D eigenvalue weighted by Crippen LogP contribution is 2.43. The molecule has 1 saturated carbocycles. The van der Waals surface area contributed by atoms with E-state index in [-0.39, 0.29) is 5.56 Å². The standard InChI is InChI=1S/C13H20BrN3O/c1-3-13(6-5-7-13)9-15-10-8-16-17(4-2)12(18)11(10)14/h8,15H,3-7,9H2,1-2H3. The molecule has 18 heavy (non-hydrogen) atoms. The number of hydrogen-bond acceptors (Lipinski definition) is 3. The molecule has 0 atom stereocenters. The smallest absolute Gasteiger partial charge is 0.283 e. The number of aromatic nitrogens is 2. The van der Waals surface area contributed by atoms with E-state index >= 15 is 0 Å². The van der Waals surface area contributed by atoms with Gasteiger partial charge >= 0.3 is 0 Å². The number of rotatable bonds is 5. The highest BCUT2D eigenvalue weighted by atomic mass is 79.9. The van der Waals surface area contributed by atoms with Crippen LogP contribution in [-0.2, 0) is 6.54 Å². The molecule has 0 amide bonds. The van der Waals surface area contributed by atoms with Gasteiger partial charge in [0.15, 0.2) is 0 Å². The van der Waals surface area contributed by atoms with E-state index in [1.165, 1.54) is 30.4 Å². The first kappa shape index (κ1) is 13.6. The van der Waals surface area contributed by atoms with Crippen LogP contribution in [0.1, 0.15) is 39.5 Å². The van der Waals surface area contributed by atoms with Crippen molar-refractivity contribution >= 4 is 21.6 Å². The summed E-state index contributed by atoms with van der Waals surface area (Å²) in [4.78, 5) is 11.9. The minimum Gasteiger partial charge on any atom is -0.382 e. The zero-order valence-corrected chi connectivity index (χ0v) is 12.6. The van der Waals surface area contributed by atoms with Gasteiger partial charge in [0.05, 0.1) is 11.9 Å². The number of halogens is 1. The van der Waals surface area contributed by atoms with Crippen LogP contribution in [0.3, 0.4) is 0 Å². The third-order valence-electron chi connectivity index (χ3n) is 4.10. The predicted octanol–water partition coefficient (Wildman–Crippen LogP) is 3.02. The molecule has 5 heteroatoms. The minimum absolute atomic E-state index is 0.0679. The lowest BCUT2D eigenvalue weighted by molar-refractivity contribution is 0.145. The van der Waals surface area contributed by atoms with Crippen LogP contribution < -0.4 is 10.9 Å². The van der Waals surface area contributed by atoms with Crippen LogP contribution in [-0.4, -0.2) is 16.3 Å². The third-order valence-corrected chi connectivity index (χ3v) is 4.87. The Morgan fingerprint density at radius 3 is 2.72 bits per heavy atom. The minimum atomic E-state index is -0.0679. The van der Waals surface area contributed by atoms with Gasteiger partial charge < -0.3 is 5.32 Å². The van der Waals surface area contributed by atoms with E-state index in [1.54, 1.807) is 6.20 Å². The molecule has 1 fully saturated rings. The number of anilines is 1. The van der Waals surface area contributed by atoms with Gasteiger partial charge in [-0.15, -0.1) is 0 Å². The summed E-state index contributed by atoms with van der Waals surface area (Å²) in [5.41, 5.74) is 1.17. The number of aryl methyl sites for hydroxylation is 1. The first-order chi connectivity index (χ1) is 8.62. The summed E-state index contributed by atoms with van der Waals surface area (Å²) in [6, 6.07) is 0. The monoisotopic (exact) mass is 313 g/mol. The van der Waals surface area contributed by atoms with Gasteiger partial charge in [0.2, 0.25) is 0 Å². The van der Waals surface area contributed by atoms with E-state index in [2.05, 4.69) is 33.3 Å². The number of nitrogens with one attached hydrogen (secondary N) is 1.